The van der Waals surface area contributed by atoms with Crippen molar-refractivity contribution in [1.29, 1.82) is 0 Å². The van der Waals surface area contributed by atoms with E-state index in [1.165, 1.54) is 19.2 Å². The minimum Gasteiger partial charge on any atom is -0.496 e. The van der Waals surface area contributed by atoms with Crippen molar-refractivity contribution >= 4 is 5.69 Å². The monoisotopic (exact) mass is 252 g/mol. The lowest BCUT2D eigenvalue weighted by Gasteiger charge is -2.05. The van der Waals surface area contributed by atoms with E-state index in [0.29, 0.717) is 0 Å². The summed E-state index contributed by atoms with van der Waals surface area (Å²) in [5.41, 5.74) is -0.100. The van der Waals surface area contributed by atoms with E-state index in [1.54, 1.807) is 0 Å². The third-order valence-electron chi connectivity index (χ3n) is 2.27. The molecule has 0 aliphatic carbocycles. The average Bonchev–Trinajstić information content (AvgIpc) is 2.67. The first kappa shape index (κ1) is 11.7. The molecule has 0 amide bonds. The number of H-pyrrole nitrogens is 1. The van der Waals surface area contributed by atoms with E-state index in [9.17, 15) is 20.0 Å². The molecule has 1 aromatic carbocycles. The highest BCUT2D eigenvalue weighted by atomic mass is 16.6. The number of nitrogens with one attached hydrogen (secondary N) is 1. The number of aromatic nitrogens is 1. The van der Waals surface area contributed by atoms with Crippen LogP contribution in [0.5, 0.6) is 11.6 Å². The van der Waals surface area contributed by atoms with Crippen LogP contribution in [0.1, 0.15) is 0 Å². The number of aromatic amines is 1. The van der Waals surface area contributed by atoms with Crippen LogP contribution in [0.25, 0.3) is 11.3 Å². The molecule has 0 fully saturated rings. The molecule has 0 radical (unpaired) electrons. The maximum Gasteiger partial charge on any atom is 0.419 e. The zero-order chi connectivity index (χ0) is 13.3. The first-order chi connectivity index (χ1) is 8.52. The van der Waals surface area contributed by atoms with E-state index >= 15 is 0 Å². The molecule has 0 aliphatic heterocycles. The van der Waals surface area contributed by atoms with Gasteiger partial charge in [0.15, 0.2) is 0 Å². The van der Waals surface area contributed by atoms with Crippen LogP contribution < -0.4 is 10.5 Å². The molecule has 0 unspecified atom stereocenters. The SMILES string of the molecule is COc1ccc([N+](=O)[O-])cc1-c1oc(=O)[nH]c1O. The molecule has 1 aromatic heterocycles. The molecule has 8 heteroatoms. The normalized spacial score (nSPS) is 10.3. The van der Waals surface area contributed by atoms with Crippen molar-refractivity contribution in [2.45, 2.75) is 0 Å². The zero-order valence-electron chi connectivity index (χ0n) is 9.17. The number of nitro benzene ring substituents is 1. The third-order valence-corrected chi connectivity index (χ3v) is 2.27. The number of hydrogen-bond donors (Lipinski definition) is 2. The third kappa shape index (κ3) is 1.90. The highest BCUT2D eigenvalue weighted by molar-refractivity contribution is 5.71. The number of benzene rings is 1. The number of aromatic hydroxyl groups is 1. The molecule has 18 heavy (non-hydrogen) atoms. The lowest BCUT2D eigenvalue weighted by atomic mass is 10.1. The molecule has 94 valence electrons. The second kappa shape index (κ2) is 4.24. The van der Waals surface area contributed by atoms with Gasteiger partial charge in [-0.25, -0.2) is 4.79 Å². The number of methoxy groups -OCH3 is 1. The van der Waals surface area contributed by atoms with Gasteiger partial charge in [0.05, 0.1) is 17.6 Å². The number of non-ortho nitro benzene ring substituents is 1. The van der Waals surface area contributed by atoms with Crippen LogP contribution in [0, 0.1) is 10.1 Å². The summed E-state index contributed by atoms with van der Waals surface area (Å²) in [6, 6.07) is 3.73. The fourth-order valence-electron chi connectivity index (χ4n) is 1.49. The Morgan fingerprint density at radius 2 is 2.22 bits per heavy atom. The van der Waals surface area contributed by atoms with Crippen molar-refractivity contribution in [3.8, 4) is 23.0 Å². The molecule has 0 bridgehead atoms. The Morgan fingerprint density at radius 3 is 2.72 bits per heavy atom. The molecular weight excluding hydrogens is 244 g/mol. The second-order valence-electron chi connectivity index (χ2n) is 3.33. The molecule has 0 aliphatic rings. The van der Waals surface area contributed by atoms with Crippen LogP contribution in [0.4, 0.5) is 5.69 Å². The summed E-state index contributed by atoms with van der Waals surface area (Å²) in [6.07, 6.45) is 0. The topological polar surface area (TPSA) is 119 Å². The van der Waals surface area contributed by atoms with Crippen LogP contribution in [0.3, 0.4) is 0 Å². The number of hydrogen-bond acceptors (Lipinski definition) is 6. The number of nitro groups is 1. The Kier molecular flexibility index (Phi) is 2.76. The largest absolute Gasteiger partial charge is 0.496 e. The van der Waals surface area contributed by atoms with E-state index in [-0.39, 0.29) is 22.8 Å². The van der Waals surface area contributed by atoms with Crippen LogP contribution in [0.2, 0.25) is 0 Å². The lowest BCUT2D eigenvalue weighted by molar-refractivity contribution is -0.384. The van der Waals surface area contributed by atoms with Gasteiger partial charge < -0.3 is 14.3 Å². The van der Waals surface area contributed by atoms with E-state index < -0.39 is 16.6 Å². The number of rotatable bonds is 3. The number of oxazole rings is 1. The summed E-state index contributed by atoms with van der Waals surface area (Å²) in [6.45, 7) is 0. The molecule has 2 N–H and O–H groups in total. The number of ether oxygens (including phenoxy) is 1. The minimum atomic E-state index is -0.865. The summed E-state index contributed by atoms with van der Waals surface area (Å²) >= 11 is 0. The molecule has 8 nitrogen and oxygen atoms in total. The Hall–Kier alpha value is -2.77. The quantitative estimate of drug-likeness (QED) is 0.626. The minimum absolute atomic E-state index is 0.113. The van der Waals surface area contributed by atoms with Gasteiger partial charge in [0.25, 0.3) is 5.69 Å². The van der Waals surface area contributed by atoms with Gasteiger partial charge in [0.2, 0.25) is 11.6 Å². The van der Waals surface area contributed by atoms with Gasteiger partial charge in [-0.15, -0.1) is 0 Å². The zero-order valence-corrected chi connectivity index (χ0v) is 9.17. The summed E-state index contributed by atoms with van der Waals surface area (Å²) in [5.74, 6) is -1.35. The first-order valence-electron chi connectivity index (χ1n) is 4.78. The molecule has 2 rings (SSSR count). The highest BCUT2D eigenvalue weighted by Gasteiger charge is 2.19. The standard InChI is InChI=1S/C10H8N2O6/c1-17-7-3-2-5(12(15)16)4-6(7)8-9(13)11-10(14)18-8/h2-4,13H,1H3,(H,11,14). The molecule has 0 saturated heterocycles. The molecule has 0 saturated carbocycles. The van der Waals surface area contributed by atoms with E-state index in [0.717, 1.165) is 6.07 Å². The van der Waals surface area contributed by atoms with Gasteiger partial charge in [-0.1, -0.05) is 0 Å². The molecule has 2 aromatic rings. The lowest BCUT2D eigenvalue weighted by Crippen LogP contribution is -1.93. The van der Waals surface area contributed by atoms with Gasteiger partial charge in [-0.3, -0.25) is 15.1 Å². The maximum atomic E-state index is 10.9. The molecule has 0 spiro atoms. The molecular formula is C10H8N2O6. The van der Waals surface area contributed by atoms with Crippen molar-refractivity contribution in [2.75, 3.05) is 7.11 Å². The Balaban J connectivity index is 2.67. The van der Waals surface area contributed by atoms with Gasteiger partial charge in [-0.2, -0.15) is 0 Å². The van der Waals surface area contributed by atoms with E-state index in [4.69, 9.17) is 9.15 Å². The average molecular weight is 252 g/mol. The smallest absolute Gasteiger partial charge is 0.419 e. The summed E-state index contributed by atoms with van der Waals surface area (Å²) in [4.78, 5) is 23.0. The first-order valence-corrected chi connectivity index (χ1v) is 4.78. The maximum absolute atomic E-state index is 10.9. The van der Waals surface area contributed by atoms with Crippen molar-refractivity contribution in [3.63, 3.8) is 0 Å². The molecule has 1 heterocycles. The van der Waals surface area contributed by atoms with E-state index in [1.807, 2.05) is 4.98 Å². The van der Waals surface area contributed by atoms with Crippen molar-refractivity contribution in [2.24, 2.45) is 0 Å². The van der Waals surface area contributed by atoms with Crippen molar-refractivity contribution in [1.82, 2.24) is 4.98 Å². The van der Waals surface area contributed by atoms with Crippen molar-refractivity contribution < 1.29 is 19.2 Å². The van der Waals surface area contributed by atoms with Gasteiger partial charge in [0, 0.05) is 12.1 Å². The molecule has 0 atom stereocenters. The fourth-order valence-corrected chi connectivity index (χ4v) is 1.49. The highest BCUT2D eigenvalue weighted by Crippen LogP contribution is 2.36. The van der Waals surface area contributed by atoms with Crippen molar-refractivity contribution in [3.05, 3.63) is 38.9 Å². The second-order valence-corrected chi connectivity index (χ2v) is 3.33. The Morgan fingerprint density at radius 1 is 1.50 bits per heavy atom. The van der Waals surface area contributed by atoms with Crippen LogP contribution in [-0.2, 0) is 0 Å². The van der Waals surface area contributed by atoms with Crippen LogP contribution in [0.15, 0.2) is 27.4 Å². The Bertz CT molecular complexity index is 657. The van der Waals surface area contributed by atoms with Gasteiger partial charge in [-0.05, 0) is 6.07 Å². The predicted molar refractivity (Wildman–Crippen MR) is 59.6 cm³/mol. The predicted octanol–water partition coefficient (Wildman–Crippen LogP) is 1.26. The summed E-state index contributed by atoms with van der Waals surface area (Å²) in [5, 5.41) is 20.1. The van der Waals surface area contributed by atoms with Crippen LogP contribution >= 0.6 is 0 Å². The summed E-state index contributed by atoms with van der Waals surface area (Å²) in [7, 11) is 1.35. The fraction of sp³-hybridized carbons (Fsp3) is 0.100. The van der Waals surface area contributed by atoms with E-state index in [2.05, 4.69) is 0 Å². The summed E-state index contributed by atoms with van der Waals surface area (Å²) < 4.78 is 9.70. The van der Waals surface area contributed by atoms with Crippen LogP contribution in [-0.4, -0.2) is 22.1 Å². The Labute approximate surface area is 99.6 Å². The van der Waals surface area contributed by atoms with Gasteiger partial charge in [0.1, 0.15) is 5.75 Å². The van der Waals surface area contributed by atoms with Gasteiger partial charge >= 0.3 is 5.76 Å². The number of nitrogens with zero attached hydrogens (tertiary/aromatic N) is 1.